The highest BCUT2D eigenvalue weighted by Crippen LogP contribution is 2.48. The Morgan fingerprint density at radius 1 is 1.26 bits per heavy atom. The standard InChI is InChI=1S/C19H34N4O3.HI/c1-3-25-14-8-19(6-7-19)15-21-18(20-2)23-11-9-22(10-12-23)17(24)16-5-4-13-26-16;/h16H,3-15H2,1-2H3,(H,20,21);1H. The summed E-state index contributed by atoms with van der Waals surface area (Å²) >= 11 is 0. The topological polar surface area (TPSA) is 66.4 Å². The van der Waals surface area contributed by atoms with Crippen LogP contribution in [0.1, 0.15) is 39.0 Å². The molecule has 7 nitrogen and oxygen atoms in total. The number of halogens is 1. The number of hydrogen-bond acceptors (Lipinski definition) is 4. The van der Waals surface area contributed by atoms with E-state index in [1.54, 1.807) is 0 Å². The first-order valence-corrected chi connectivity index (χ1v) is 10.1. The van der Waals surface area contributed by atoms with Crippen molar-refractivity contribution in [3.8, 4) is 0 Å². The predicted octanol–water partition coefficient (Wildman–Crippen LogP) is 1.71. The molecule has 0 aromatic rings. The highest BCUT2D eigenvalue weighted by molar-refractivity contribution is 14.0. The normalized spacial score (nSPS) is 24.5. The van der Waals surface area contributed by atoms with E-state index in [0.717, 1.165) is 77.8 Å². The number of nitrogens with zero attached hydrogens (tertiary/aromatic N) is 3. The van der Waals surface area contributed by atoms with Crippen molar-refractivity contribution in [2.24, 2.45) is 10.4 Å². The molecule has 1 aliphatic carbocycles. The zero-order valence-corrected chi connectivity index (χ0v) is 19.1. The Hall–Kier alpha value is -0.610. The molecule has 3 aliphatic rings. The van der Waals surface area contributed by atoms with E-state index in [4.69, 9.17) is 9.47 Å². The maximum atomic E-state index is 12.5. The molecule has 1 atom stereocenters. The summed E-state index contributed by atoms with van der Waals surface area (Å²) in [6, 6.07) is 0. The molecule has 27 heavy (non-hydrogen) atoms. The molecule has 0 aromatic heterocycles. The minimum absolute atomic E-state index is 0. The zero-order chi connectivity index (χ0) is 18.4. The van der Waals surface area contributed by atoms with E-state index >= 15 is 0 Å². The average Bonchev–Trinajstić information content (AvgIpc) is 3.22. The van der Waals surface area contributed by atoms with Gasteiger partial charge in [-0.2, -0.15) is 0 Å². The molecule has 1 amide bonds. The molecule has 2 heterocycles. The van der Waals surface area contributed by atoms with Gasteiger partial charge in [0, 0.05) is 59.6 Å². The summed E-state index contributed by atoms with van der Waals surface area (Å²) in [5, 5.41) is 3.56. The summed E-state index contributed by atoms with van der Waals surface area (Å²) in [6.07, 6.45) is 5.32. The lowest BCUT2D eigenvalue weighted by atomic mass is 10.0. The number of carbonyl (C=O) groups excluding carboxylic acids is 1. The quantitative estimate of drug-likeness (QED) is 0.253. The third kappa shape index (κ3) is 6.19. The zero-order valence-electron chi connectivity index (χ0n) is 16.7. The van der Waals surface area contributed by atoms with E-state index in [1.807, 2.05) is 18.9 Å². The van der Waals surface area contributed by atoms with Gasteiger partial charge in [-0.15, -0.1) is 24.0 Å². The van der Waals surface area contributed by atoms with Gasteiger partial charge in [-0.25, -0.2) is 0 Å². The van der Waals surface area contributed by atoms with Crippen LogP contribution in [0.25, 0.3) is 0 Å². The van der Waals surface area contributed by atoms with Gasteiger partial charge in [-0.05, 0) is 44.4 Å². The monoisotopic (exact) mass is 494 g/mol. The van der Waals surface area contributed by atoms with Crippen LogP contribution < -0.4 is 5.32 Å². The number of hydrogen-bond donors (Lipinski definition) is 1. The van der Waals surface area contributed by atoms with Crippen molar-refractivity contribution in [1.82, 2.24) is 15.1 Å². The summed E-state index contributed by atoms with van der Waals surface area (Å²) in [6.45, 7) is 8.50. The molecule has 1 N–H and O–H groups in total. The Bertz CT molecular complexity index is 499. The van der Waals surface area contributed by atoms with E-state index in [-0.39, 0.29) is 36.0 Å². The fraction of sp³-hybridized carbons (Fsp3) is 0.895. The van der Waals surface area contributed by atoms with E-state index in [0.29, 0.717) is 5.41 Å². The van der Waals surface area contributed by atoms with Crippen LogP contribution in [-0.2, 0) is 14.3 Å². The molecule has 1 saturated carbocycles. The van der Waals surface area contributed by atoms with Gasteiger partial charge in [0.1, 0.15) is 6.10 Å². The third-order valence-electron chi connectivity index (χ3n) is 5.87. The van der Waals surface area contributed by atoms with Crippen molar-refractivity contribution in [1.29, 1.82) is 0 Å². The Labute approximate surface area is 180 Å². The molecule has 2 saturated heterocycles. The van der Waals surface area contributed by atoms with Crippen LogP contribution in [0.3, 0.4) is 0 Å². The molecule has 2 aliphatic heterocycles. The molecule has 0 spiro atoms. The van der Waals surface area contributed by atoms with Crippen LogP contribution in [0, 0.1) is 5.41 Å². The lowest BCUT2D eigenvalue weighted by Crippen LogP contribution is -2.55. The highest BCUT2D eigenvalue weighted by Gasteiger charge is 2.42. The Kier molecular flexibility index (Phi) is 9.07. The van der Waals surface area contributed by atoms with Crippen molar-refractivity contribution < 1.29 is 14.3 Å². The lowest BCUT2D eigenvalue weighted by molar-refractivity contribution is -0.142. The summed E-state index contributed by atoms with van der Waals surface area (Å²) < 4.78 is 11.1. The fourth-order valence-corrected chi connectivity index (χ4v) is 3.84. The van der Waals surface area contributed by atoms with E-state index in [1.165, 1.54) is 12.8 Å². The van der Waals surface area contributed by atoms with Crippen molar-refractivity contribution in [3.63, 3.8) is 0 Å². The Morgan fingerprint density at radius 2 is 1.96 bits per heavy atom. The second kappa shape index (κ2) is 10.8. The van der Waals surface area contributed by atoms with Crippen LogP contribution in [0.4, 0.5) is 0 Å². The first kappa shape index (κ1) is 22.7. The number of guanidine groups is 1. The van der Waals surface area contributed by atoms with Gasteiger partial charge in [0.15, 0.2) is 5.96 Å². The molecule has 156 valence electrons. The van der Waals surface area contributed by atoms with Crippen LogP contribution in [0.15, 0.2) is 4.99 Å². The number of ether oxygens (including phenoxy) is 2. The minimum atomic E-state index is -0.209. The molecule has 3 fully saturated rings. The number of carbonyl (C=O) groups is 1. The van der Waals surface area contributed by atoms with Gasteiger partial charge in [0.05, 0.1) is 0 Å². The van der Waals surface area contributed by atoms with Crippen molar-refractivity contribution in [2.45, 2.75) is 45.1 Å². The van der Waals surface area contributed by atoms with Gasteiger partial charge >= 0.3 is 0 Å². The number of amides is 1. The number of rotatable bonds is 7. The Balaban J connectivity index is 0.00000261. The van der Waals surface area contributed by atoms with Crippen molar-refractivity contribution in [3.05, 3.63) is 0 Å². The van der Waals surface area contributed by atoms with Gasteiger partial charge in [0.25, 0.3) is 5.91 Å². The first-order chi connectivity index (χ1) is 12.7. The highest BCUT2D eigenvalue weighted by atomic mass is 127. The summed E-state index contributed by atoms with van der Waals surface area (Å²) in [4.78, 5) is 21.1. The molecular weight excluding hydrogens is 459 g/mol. The molecule has 0 aromatic carbocycles. The largest absolute Gasteiger partial charge is 0.382 e. The molecular formula is C19H35IN4O3. The van der Waals surface area contributed by atoms with Gasteiger partial charge in [-0.1, -0.05) is 0 Å². The van der Waals surface area contributed by atoms with Crippen LogP contribution in [0.5, 0.6) is 0 Å². The SMILES string of the molecule is CCOCCC1(CNC(=NC)N2CCN(C(=O)C3CCCO3)CC2)CC1.I. The average molecular weight is 494 g/mol. The number of piperazine rings is 1. The summed E-state index contributed by atoms with van der Waals surface area (Å²) in [5.41, 5.74) is 0.392. The first-order valence-electron chi connectivity index (χ1n) is 10.1. The number of aliphatic imine (C=N–C) groups is 1. The minimum Gasteiger partial charge on any atom is -0.382 e. The predicted molar refractivity (Wildman–Crippen MR) is 117 cm³/mol. The van der Waals surface area contributed by atoms with Crippen LogP contribution >= 0.6 is 24.0 Å². The maximum Gasteiger partial charge on any atom is 0.251 e. The van der Waals surface area contributed by atoms with E-state index in [9.17, 15) is 4.79 Å². The van der Waals surface area contributed by atoms with Crippen LogP contribution in [0.2, 0.25) is 0 Å². The lowest BCUT2D eigenvalue weighted by Gasteiger charge is -2.37. The van der Waals surface area contributed by atoms with Gasteiger partial charge < -0.3 is 24.6 Å². The molecule has 0 radical (unpaired) electrons. The third-order valence-corrected chi connectivity index (χ3v) is 5.87. The second-order valence-electron chi connectivity index (χ2n) is 7.66. The van der Waals surface area contributed by atoms with E-state index in [2.05, 4.69) is 15.2 Å². The number of nitrogens with one attached hydrogen (secondary N) is 1. The second-order valence-corrected chi connectivity index (χ2v) is 7.66. The Morgan fingerprint density at radius 3 is 2.52 bits per heavy atom. The maximum absolute atomic E-state index is 12.5. The summed E-state index contributed by atoms with van der Waals surface area (Å²) in [7, 11) is 1.84. The van der Waals surface area contributed by atoms with Gasteiger partial charge in [-0.3, -0.25) is 9.79 Å². The smallest absolute Gasteiger partial charge is 0.251 e. The fourth-order valence-electron chi connectivity index (χ4n) is 3.84. The van der Waals surface area contributed by atoms with Crippen molar-refractivity contribution >= 4 is 35.8 Å². The molecule has 0 bridgehead atoms. The molecule has 3 rings (SSSR count). The summed E-state index contributed by atoms with van der Waals surface area (Å²) in [5.74, 6) is 1.12. The molecule has 1 unspecified atom stereocenters. The van der Waals surface area contributed by atoms with E-state index < -0.39 is 0 Å². The van der Waals surface area contributed by atoms with Crippen LogP contribution in [-0.4, -0.2) is 87.4 Å². The van der Waals surface area contributed by atoms with Crippen molar-refractivity contribution in [2.75, 3.05) is 59.6 Å². The molecule has 8 heteroatoms. The van der Waals surface area contributed by atoms with Gasteiger partial charge in [0.2, 0.25) is 0 Å².